The molecule has 0 aliphatic carbocycles. The van der Waals surface area contributed by atoms with Gasteiger partial charge in [0.05, 0.1) is 11.0 Å². The molecule has 1 aromatic rings. The molecule has 0 saturated carbocycles. The molecular formula is C11H17ClN2O3S. The third-order valence-electron chi connectivity index (χ3n) is 2.52. The Bertz CT molecular complexity index is 506. The average molecular weight is 293 g/mol. The van der Waals surface area contributed by atoms with Crippen LogP contribution < -0.4 is 10.5 Å². The molecule has 102 valence electrons. The molecule has 0 aliphatic heterocycles. The third-order valence-corrected chi connectivity index (χ3v) is 4.36. The lowest BCUT2D eigenvalue weighted by Gasteiger charge is -2.10. The molecule has 0 radical (unpaired) electrons. The minimum atomic E-state index is -3.64. The van der Waals surface area contributed by atoms with Crippen molar-refractivity contribution < 1.29 is 13.5 Å². The van der Waals surface area contributed by atoms with Crippen LogP contribution in [0.2, 0.25) is 5.02 Å². The second-order valence-electron chi connectivity index (χ2n) is 4.15. The first-order chi connectivity index (χ1) is 8.24. The fraction of sp³-hybridized carbons (Fsp3) is 0.455. The second-order valence-corrected chi connectivity index (χ2v) is 6.33. The van der Waals surface area contributed by atoms with E-state index in [1.807, 2.05) is 0 Å². The molecule has 0 amide bonds. The quantitative estimate of drug-likeness (QED) is 0.713. The van der Waals surface area contributed by atoms with E-state index in [0.29, 0.717) is 22.7 Å². The lowest BCUT2D eigenvalue weighted by molar-refractivity contribution is 0.186. The highest BCUT2D eigenvalue weighted by molar-refractivity contribution is 7.89. The lowest BCUT2D eigenvalue weighted by Crippen LogP contribution is -2.26. The minimum absolute atomic E-state index is 0.0289. The summed E-state index contributed by atoms with van der Waals surface area (Å²) < 4.78 is 26.2. The fourth-order valence-electron chi connectivity index (χ4n) is 1.31. The highest BCUT2D eigenvalue weighted by Crippen LogP contribution is 2.25. The molecule has 1 rings (SSSR count). The van der Waals surface area contributed by atoms with Crippen molar-refractivity contribution in [2.45, 2.75) is 31.3 Å². The molecule has 0 spiro atoms. The fourth-order valence-corrected chi connectivity index (χ4v) is 2.71. The predicted octanol–water partition coefficient (Wildman–Crippen LogP) is 1.28. The van der Waals surface area contributed by atoms with E-state index in [1.54, 1.807) is 13.8 Å². The van der Waals surface area contributed by atoms with Crippen LogP contribution in [0, 0.1) is 6.92 Å². The number of anilines is 1. The van der Waals surface area contributed by atoms with Crippen LogP contribution in [0.15, 0.2) is 17.0 Å². The Labute approximate surface area is 112 Å². The van der Waals surface area contributed by atoms with Gasteiger partial charge in [0.1, 0.15) is 0 Å². The highest BCUT2D eigenvalue weighted by atomic mass is 35.5. The summed E-state index contributed by atoms with van der Waals surface area (Å²) in [4.78, 5) is 0.0289. The van der Waals surface area contributed by atoms with E-state index in [1.165, 1.54) is 12.1 Å². The van der Waals surface area contributed by atoms with Gasteiger partial charge in [0.15, 0.2) is 0 Å². The molecule has 0 heterocycles. The van der Waals surface area contributed by atoms with Crippen LogP contribution >= 0.6 is 11.6 Å². The van der Waals surface area contributed by atoms with E-state index >= 15 is 0 Å². The number of nitrogens with two attached hydrogens (primary N) is 1. The van der Waals surface area contributed by atoms with Crippen molar-refractivity contribution in [3.63, 3.8) is 0 Å². The molecule has 7 heteroatoms. The van der Waals surface area contributed by atoms with Crippen LogP contribution in [0.1, 0.15) is 18.9 Å². The Morgan fingerprint density at radius 1 is 1.50 bits per heavy atom. The average Bonchev–Trinajstić information content (AvgIpc) is 2.24. The normalized spacial score (nSPS) is 13.6. The van der Waals surface area contributed by atoms with E-state index in [-0.39, 0.29) is 11.4 Å². The number of sulfonamides is 1. The standard InChI is InChI=1S/C11H17ClN2O3S/c1-7(15)3-4-14-18(16,17)9-5-10(12)8(2)11(13)6-9/h5-7,14-15H,3-4,13H2,1-2H3. The molecule has 5 nitrogen and oxygen atoms in total. The zero-order valence-corrected chi connectivity index (χ0v) is 11.8. The lowest BCUT2D eigenvalue weighted by atomic mass is 10.2. The van der Waals surface area contributed by atoms with Crippen LogP contribution in [0.5, 0.6) is 0 Å². The molecular weight excluding hydrogens is 276 g/mol. The van der Waals surface area contributed by atoms with Gasteiger partial charge >= 0.3 is 0 Å². The predicted molar refractivity (Wildman–Crippen MR) is 72.1 cm³/mol. The van der Waals surface area contributed by atoms with Gasteiger partial charge in [0, 0.05) is 17.3 Å². The Morgan fingerprint density at radius 2 is 2.11 bits per heavy atom. The maximum absolute atomic E-state index is 11.9. The summed E-state index contributed by atoms with van der Waals surface area (Å²) in [7, 11) is -3.64. The van der Waals surface area contributed by atoms with Gasteiger partial charge in [-0.25, -0.2) is 13.1 Å². The Kier molecular flexibility index (Phi) is 4.98. The molecule has 4 N–H and O–H groups in total. The van der Waals surface area contributed by atoms with Crippen molar-refractivity contribution in [3.05, 3.63) is 22.7 Å². The van der Waals surface area contributed by atoms with E-state index in [9.17, 15) is 8.42 Å². The van der Waals surface area contributed by atoms with Gasteiger partial charge in [-0.2, -0.15) is 0 Å². The molecule has 0 bridgehead atoms. The van der Waals surface area contributed by atoms with Gasteiger partial charge in [0.2, 0.25) is 10.0 Å². The summed E-state index contributed by atoms with van der Waals surface area (Å²) >= 11 is 5.90. The van der Waals surface area contributed by atoms with Crippen molar-refractivity contribution in [2.24, 2.45) is 0 Å². The van der Waals surface area contributed by atoms with Crippen LogP contribution in [0.4, 0.5) is 5.69 Å². The van der Waals surface area contributed by atoms with Crippen LogP contribution in [-0.4, -0.2) is 26.2 Å². The number of benzene rings is 1. The first-order valence-corrected chi connectivity index (χ1v) is 7.33. The first-order valence-electron chi connectivity index (χ1n) is 5.47. The summed E-state index contributed by atoms with van der Waals surface area (Å²) in [5.41, 5.74) is 6.66. The van der Waals surface area contributed by atoms with Crippen molar-refractivity contribution >= 4 is 27.3 Å². The molecule has 18 heavy (non-hydrogen) atoms. The molecule has 0 aromatic heterocycles. The van der Waals surface area contributed by atoms with E-state index in [4.69, 9.17) is 22.4 Å². The molecule has 1 atom stereocenters. The molecule has 0 aliphatic rings. The second kappa shape index (κ2) is 5.88. The maximum Gasteiger partial charge on any atom is 0.240 e. The van der Waals surface area contributed by atoms with Crippen LogP contribution in [-0.2, 0) is 10.0 Å². The van der Waals surface area contributed by atoms with Gasteiger partial charge in [-0.05, 0) is 38.0 Å². The van der Waals surface area contributed by atoms with Gasteiger partial charge < -0.3 is 10.8 Å². The summed E-state index contributed by atoms with van der Waals surface area (Å²) in [6.45, 7) is 3.47. The zero-order valence-electron chi connectivity index (χ0n) is 10.3. The van der Waals surface area contributed by atoms with Crippen molar-refractivity contribution in [1.82, 2.24) is 4.72 Å². The largest absolute Gasteiger partial charge is 0.398 e. The Hall–Kier alpha value is -0.820. The van der Waals surface area contributed by atoms with E-state index in [2.05, 4.69) is 4.72 Å². The number of hydrogen-bond donors (Lipinski definition) is 3. The zero-order chi connectivity index (χ0) is 13.9. The number of hydrogen-bond acceptors (Lipinski definition) is 4. The first kappa shape index (κ1) is 15.2. The van der Waals surface area contributed by atoms with Crippen molar-refractivity contribution in [2.75, 3.05) is 12.3 Å². The van der Waals surface area contributed by atoms with Gasteiger partial charge in [-0.1, -0.05) is 11.6 Å². The van der Waals surface area contributed by atoms with E-state index in [0.717, 1.165) is 0 Å². The topological polar surface area (TPSA) is 92.4 Å². The number of nitrogen functional groups attached to an aromatic ring is 1. The smallest absolute Gasteiger partial charge is 0.240 e. The molecule has 0 fully saturated rings. The van der Waals surface area contributed by atoms with E-state index < -0.39 is 16.1 Å². The van der Waals surface area contributed by atoms with Crippen molar-refractivity contribution in [3.8, 4) is 0 Å². The van der Waals surface area contributed by atoms with Gasteiger partial charge in [-0.15, -0.1) is 0 Å². The van der Waals surface area contributed by atoms with Crippen LogP contribution in [0.3, 0.4) is 0 Å². The summed E-state index contributed by atoms with van der Waals surface area (Å²) in [5, 5.41) is 9.38. The van der Waals surface area contributed by atoms with Gasteiger partial charge in [0.25, 0.3) is 0 Å². The molecule has 1 aromatic carbocycles. The number of aliphatic hydroxyl groups excluding tert-OH is 1. The summed E-state index contributed by atoms with van der Waals surface area (Å²) in [6, 6.07) is 2.73. The number of halogens is 1. The van der Waals surface area contributed by atoms with Crippen LogP contribution in [0.25, 0.3) is 0 Å². The Balaban J connectivity index is 2.92. The van der Waals surface area contributed by atoms with Crippen molar-refractivity contribution in [1.29, 1.82) is 0 Å². The number of nitrogens with one attached hydrogen (secondary N) is 1. The SMILES string of the molecule is Cc1c(N)cc(S(=O)(=O)NCCC(C)O)cc1Cl. The number of rotatable bonds is 5. The summed E-state index contributed by atoms with van der Waals surface area (Å²) in [6.07, 6.45) is -0.215. The monoisotopic (exact) mass is 292 g/mol. The molecule has 1 unspecified atom stereocenters. The number of aliphatic hydroxyl groups is 1. The Morgan fingerprint density at radius 3 is 2.61 bits per heavy atom. The maximum atomic E-state index is 11.9. The third kappa shape index (κ3) is 3.84. The molecule has 0 saturated heterocycles. The minimum Gasteiger partial charge on any atom is -0.398 e. The highest BCUT2D eigenvalue weighted by Gasteiger charge is 2.16. The summed E-state index contributed by atoms with van der Waals surface area (Å²) in [5.74, 6) is 0. The van der Waals surface area contributed by atoms with Gasteiger partial charge in [-0.3, -0.25) is 0 Å².